The Balaban J connectivity index is 1.85. The van der Waals surface area contributed by atoms with Crippen molar-refractivity contribution in [1.82, 2.24) is 5.32 Å². The zero-order valence-corrected chi connectivity index (χ0v) is 11.3. The molecule has 2 rings (SSSR count). The molecule has 0 aromatic heterocycles. The van der Waals surface area contributed by atoms with Crippen LogP contribution in [0, 0.1) is 17.3 Å². The first-order valence-electron chi connectivity index (χ1n) is 6.94. The van der Waals surface area contributed by atoms with Crippen molar-refractivity contribution in [2.24, 2.45) is 17.3 Å². The molecule has 0 bridgehead atoms. The van der Waals surface area contributed by atoms with Crippen molar-refractivity contribution in [3.8, 4) is 0 Å². The van der Waals surface area contributed by atoms with Gasteiger partial charge in [-0.2, -0.15) is 0 Å². The van der Waals surface area contributed by atoms with Gasteiger partial charge < -0.3 is 10.1 Å². The van der Waals surface area contributed by atoms with Gasteiger partial charge in [0.1, 0.15) is 0 Å². The summed E-state index contributed by atoms with van der Waals surface area (Å²) >= 11 is 0. The Bertz CT molecular complexity index is 237. The molecule has 0 radical (unpaired) electrons. The fourth-order valence-corrected chi connectivity index (χ4v) is 3.54. The minimum atomic E-state index is 0.410. The molecule has 16 heavy (non-hydrogen) atoms. The summed E-state index contributed by atoms with van der Waals surface area (Å²) in [4.78, 5) is 0. The Labute approximate surface area is 100 Å². The van der Waals surface area contributed by atoms with E-state index in [0.29, 0.717) is 17.6 Å². The van der Waals surface area contributed by atoms with Gasteiger partial charge in [0, 0.05) is 18.6 Å². The summed E-state index contributed by atoms with van der Waals surface area (Å²) in [5.74, 6) is 1.91. The summed E-state index contributed by atoms with van der Waals surface area (Å²) < 4.78 is 5.62. The van der Waals surface area contributed by atoms with Crippen molar-refractivity contribution in [2.45, 2.75) is 58.6 Å². The van der Waals surface area contributed by atoms with Gasteiger partial charge in [-0.1, -0.05) is 20.8 Å². The molecule has 4 unspecified atom stereocenters. The lowest BCUT2D eigenvalue weighted by Crippen LogP contribution is -2.63. The largest absolute Gasteiger partial charge is 0.381 e. The van der Waals surface area contributed by atoms with Crippen LogP contribution >= 0.6 is 0 Å². The average Bonchev–Trinajstić information content (AvgIpc) is 2.96. The molecular formula is C14H27NO. The predicted molar refractivity (Wildman–Crippen MR) is 67.5 cm³/mol. The van der Waals surface area contributed by atoms with Crippen LogP contribution in [0.25, 0.3) is 0 Å². The first-order chi connectivity index (χ1) is 7.67. The fourth-order valence-electron chi connectivity index (χ4n) is 3.54. The SMILES string of the molecule is CCC1(CC)C(NCC2CC2C)CC1OC. The van der Waals surface area contributed by atoms with Gasteiger partial charge in [0.05, 0.1) is 6.10 Å². The Morgan fingerprint density at radius 3 is 2.31 bits per heavy atom. The van der Waals surface area contributed by atoms with Crippen LogP contribution in [-0.4, -0.2) is 25.8 Å². The zero-order chi connectivity index (χ0) is 11.8. The Hall–Kier alpha value is -0.0800. The van der Waals surface area contributed by atoms with E-state index in [2.05, 4.69) is 26.1 Å². The number of methoxy groups -OCH3 is 1. The molecule has 0 amide bonds. The predicted octanol–water partition coefficient (Wildman–Crippen LogP) is 2.83. The van der Waals surface area contributed by atoms with Gasteiger partial charge in [0.25, 0.3) is 0 Å². The van der Waals surface area contributed by atoms with Crippen molar-refractivity contribution < 1.29 is 4.74 Å². The zero-order valence-electron chi connectivity index (χ0n) is 11.3. The van der Waals surface area contributed by atoms with Crippen molar-refractivity contribution in [3.05, 3.63) is 0 Å². The minimum absolute atomic E-state index is 0.410. The normalized spacial score (nSPS) is 40.5. The molecule has 2 aliphatic carbocycles. The van der Waals surface area contributed by atoms with E-state index in [4.69, 9.17) is 4.74 Å². The van der Waals surface area contributed by atoms with E-state index in [-0.39, 0.29) is 0 Å². The quantitative estimate of drug-likeness (QED) is 0.750. The fraction of sp³-hybridized carbons (Fsp3) is 1.00. The Morgan fingerprint density at radius 2 is 1.88 bits per heavy atom. The smallest absolute Gasteiger partial charge is 0.0657 e. The average molecular weight is 225 g/mol. The van der Waals surface area contributed by atoms with Gasteiger partial charge in [0.2, 0.25) is 0 Å². The van der Waals surface area contributed by atoms with Crippen LogP contribution < -0.4 is 5.32 Å². The van der Waals surface area contributed by atoms with Gasteiger partial charge in [-0.05, 0) is 44.1 Å². The number of ether oxygens (including phenoxy) is 1. The second kappa shape index (κ2) is 4.66. The first-order valence-corrected chi connectivity index (χ1v) is 6.94. The molecule has 0 spiro atoms. The molecule has 2 saturated carbocycles. The maximum Gasteiger partial charge on any atom is 0.0657 e. The van der Waals surface area contributed by atoms with E-state index >= 15 is 0 Å². The first kappa shape index (κ1) is 12.4. The summed E-state index contributed by atoms with van der Waals surface area (Å²) in [7, 11) is 1.87. The van der Waals surface area contributed by atoms with Crippen LogP contribution in [0.5, 0.6) is 0 Å². The van der Waals surface area contributed by atoms with Crippen LogP contribution in [-0.2, 0) is 4.74 Å². The topological polar surface area (TPSA) is 21.3 Å². The van der Waals surface area contributed by atoms with Gasteiger partial charge in [-0.15, -0.1) is 0 Å². The minimum Gasteiger partial charge on any atom is -0.381 e. The van der Waals surface area contributed by atoms with E-state index in [1.807, 2.05) is 7.11 Å². The van der Waals surface area contributed by atoms with Crippen LogP contribution in [0.1, 0.15) is 46.5 Å². The van der Waals surface area contributed by atoms with E-state index < -0.39 is 0 Å². The molecule has 1 N–H and O–H groups in total. The van der Waals surface area contributed by atoms with E-state index in [9.17, 15) is 0 Å². The summed E-state index contributed by atoms with van der Waals surface area (Å²) in [6.45, 7) is 8.20. The van der Waals surface area contributed by atoms with Gasteiger partial charge in [-0.25, -0.2) is 0 Å². The number of hydrogen-bond donors (Lipinski definition) is 1. The highest BCUT2D eigenvalue weighted by Crippen LogP contribution is 2.49. The molecular weight excluding hydrogens is 198 g/mol. The molecule has 0 heterocycles. The van der Waals surface area contributed by atoms with Crippen molar-refractivity contribution in [1.29, 1.82) is 0 Å². The second-order valence-corrected chi connectivity index (χ2v) is 5.83. The number of nitrogens with one attached hydrogen (secondary N) is 1. The van der Waals surface area contributed by atoms with Gasteiger partial charge in [0.15, 0.2) is 0 Å². The molecule has 94 valence electrons. The lowest BCUT2D eigenvalue weighted by molar-refractivity contribution is -0.123. The molecule has 2 aliphatic rings. The monoisotopic (exact) mass is 225 g/mol. The molecule has 2 heteroatoms. The maximum absolute atomic E-state index is 5.62. The highest BCUT2D eigenvalue weighted by atomic mass is 16.5. The molecule has 0 saturated heterocycles. The van der Waals surface area contributed by atoms with Gasteiger partial charge >= 0.3 is 0 Å². The van der Waals surface area contributed by atoms with Crippen molar-refractivity contribution in [3.63, 3.8) is 0 Å². The molecule has 2 fully saturated rings. The van der Waals surface area contributed by atoms with E-state index in [1.54, 1.807) is 0 Å². The van der Waals surface area contributed by atoms with Gasteiger partial charge in [-0.3, -0.25) is 0 Å². The molecule has 0 aliphatic heterocycles. The molecule has 2 nitrogen and oxygen atoms in total. The van der Waals surface area contributed by atoms with E-state index in [1.165, 1.54) is 32.2 Å². The van der Waals surface area contributed by atoms with Crippen molar-refractivity contribution >= 4 is 0 Å². The molecule has 4 atom stereocenters. The molecule has 0 aromatic carbocycles. The summed E-state index contributed by atoms with van der Waals surface area (Å²) in [5.41, 5.74) is 0.410. The maximum atomic E-state index is 5.62. The van der Waals surface area contributed by atoms with Crippen molar-refractivity contribution in [2.75, 3.05) is 13.7 Å². The highest BCUT2D eigenvalue weighted by Gasteiger charge is 2.53. The summed E-state index contributed by atoms with van der Waals surface area (Å²) in [5, 5.41) is 3.79. The Kier molecular flexibility index (Phi) is 3.60. The van der Waals surface area contributed by atoms with Crippen LogP contribution in [0.3, 0.4) is 0 Å². The highest BCUT2D eigenvalue weighted by molar-refractivity contribution is 5.07. The third-order valence-electron chi connectivity index (χ3n) is 5.29. The Morgan fingerprint density at radius 1 is 1.25 bits per heavy atom. The molecule has 0 aromatic rings. The van der Waals surface area contributed by atoms with Crippen LogP contribution in [0.2, 0.25) is 0 Å². The summed E-state index contributed by atoms with van der Waals surface area (Å²) in [6, 6.07) is 0.695. The standard InChI is InChI=1S/C14H27NO/c1-5-14(6-2)12(8-13(14)16-4)15-9-11-7-10(11)3/h10-13,15H,5-9H2,1-4H3. The summed E-state index contributed by atoms with van der Waals surface area (Å²) in [6.07, 6.45) is 5.59. The van der Waals surface area contributed by atoms with Crippen LogP contribution in [0.4, 0.5) is 0 Å². The lowest BCUT2D eigenvalue weighted by atomic mass is 9.58. The second-order valence-electron chi connectivity index (χ2n) is 5.83. The van der Waals surface area contributed by atoms with E-state index in [0.717, 1.165) is 11.8 Å². The van der Waals surface area contributed by atoms with Crippen LogP contribution in [0.15, 0.2) is 0 Å². The lowest BCUT2D eigenvalue weighted by Gasteiger charge is -2.55. The number of rotatable bonds is 6. The number of hydrogen-bond acceptors (Lipinski definition) is 2. The third-order valence-corrected chi connectivity index (χ3v) is 5.29. The third kappa shape index (κ3) is 1.91.